The fraction of sp³-hybridized carbons (Fsp3) is 0.0323. The molecule has 1 unspecified atom stereocenters. The molecule has 0 bridgehead atoms. The van der Waals surface area contributed by atoms with Gasteiger partial charge in [-0.05, 0) is 137 Å². The third kappa shape index (κ3) is 5.14. The van der Waals surface area contributed by atoms with E-state index in [1.807, 2.05) is 0 Å². The highest BCUT2D eigenvalue weighted by atomic mass is 15.0. The Morgan fingerprint density at radius 3 is 1.62 bits per heavy atom. The van der Waals surface area contributed by atoms with Gasteiger partial charge in [-0.3, -0.25) is 0 Å². The average molecular weight is 813 g/mol. The second-order valence-electron chi connectivity index (χ2n) is 17.6. The normalized spacial score (nSPS) is 14.4. The van der Waals surface area contributed by atoms with E-state index in [9.17, 15) is 0 Å². The first-order valence-electron chi connectivity index (χ1n) is 22.4. The number of aromatic nitrogens is 2. The summed E-state index contributed by atoms with van der Waals surface area (Å²) in [5, 5.41) is 18.1. The molecule has 0 spiro atoms. The van der Waals surface area contributed by atoms with Crippen LogP contribution >= 0.6 is 0 Å². The van der Waals surface area contributed by atoms with Gasteiger partial charge in [0.25, 0.3) is 0 Å². The molecule has 1 aliphatic rings. The van der Waals surface area contributed by atoms with Crippen LogP contribution in [-0.2, 0) is 0 Å². The third-order valence-corrected chi connectivity index (χ3v) is 14.2. The van der Waals surface area contributed by atoms with Gasteiger partial charge >= 0.3 is 0 Å². The Hall–Kier alpha value is -8.20. The second kappa shape index (κ2) is 13.6. The van der Waals surface area contributed by atoms with Crippen LogP contribution < -0.4 is 0 Å². The third-order valence-electron chi connectivity index (χ3n) is 14.2. The first-order chi connectivity index (χ1) is 31.7. The van der Waals surface area contributed by atoms with E-state index < -0.39 is 0 Å². The van der Waals surface area contributed by atoms with Gasteiger partial charge in [0.15, 0.2) is 0 Å². The predicted octanol–water partition coefficient (Wildman–Crippen LogP) is 16.9. The molecule has 0 amide bonds. The van der Waals surface area contributed by atoms with Crippen LogP contribution in [0.15, 0.2) is 224 Å². The van der Waals surface area contributed by atoms with E-state index in [4.69, 9.17) is 0 Å². The number of benzene rings is 11. The monoisotopic (exact) mass is 812 g/mol. The van der Waals surface area contributed by atoms with Crippen LogP contribution in [0.3, 0.4) is 0 Å². The number of fused-ring (bicyclic) bond motifs is 15. The maximum atomic E-state index is 2.59. The molecule has 1 atom stereocenters. The lowest BCUT2D eigenvalue weighted by atomic mass is 9.85. The van der Waals surface area contributed by atoms with Gasteiger partial charge in [0.1, 0.15) is 0 Å². The van der Waals surface area contributed by atoms with Crippen LogP contribution in [0, 0.1) is 0 Å². The SMILES string of the molecule is C1=CC(n2c3ccccc3c3cc(-c4ccc5c(c4)c4ccccc4n5-c4ccc5ccccc5c4)ccc32)CC(c2cc3c4ccccc4c4ccccc4c3c3ccccc23)=C1. The number of rotatable bonds is 4. The van der Waals surface area contributed by atoms with Crippen molar-refractivity contribution in [3.05, 3.63) is 230 Å². The van der Waals surface area contributed by atoms with E-state index in [0.717, 1.165) is 6.42 Å². The first kappa shape index (κ1) is 35.4. The summed E-state index contributed by atoms with van der Waals surface area (Å²) >= 11 is 0. The summed E-state index contributed by atoms with van der Waals surface area (Å²) in [5.41, 5.74) is 11.3. The van der Waals surface area contributed by atoms with Crippen LogP contribution in [0.1, 0.15) is 18.0 Å². The molecule has 0 radical (unpaired) electrons. The molecule has 11 aromatic carbocycles. The number of nitrogens with zero attached hydrogens (tertiary/aromatic N) is 2. The van der Waals surface area contributed by atoms with Gasteiger partial charge in [0, 0.05) is 38.3 Å². The maximum Gasteiger partial charge on any atom is 0.0566 e. The topological polar surface area (TPSA) is 9.86 Å². The summed E-state index contributed by atoms with van der Waals surface area (Å²) in [4.78, 5) is 0. The van der Waals surface area contributed by atoms with E-state index in [-0.39, 0.29) is 6.04 Å². The molecular formula is C62H40N2. The Kier molecular flexibility index (Phi) is 7.55. The van der Waals surface area contributed by atoms with E-state index in [1.54, 1.807) is 0 Å². The fourth-order valence-corrected chi connectivity index (χ4v) is 11.4. The number of hydrogen-bond acceptors (Lipinski definition) is 0. The first-order valence-corrected chi connectivity index (χ1v) is 22.4. The van der Waals surface area contributed by atoms with Crippen molar-refractivity contribution in [3.63, 3.8) is 0 Å². The molecule has 2 heterocycles. The highest BCUT2D eigenvalue weighted by molar-refractivity contribution is 6.32. The molecule has 0 fully saturated rings. The zero-order valence-corrected chi connectivity index (χ0v) is 35.0. The summed E-state index contributed by atoms with van der Waals surface area (Å²) < 4.78 is 5.01. The highest BCUT2D eigenvalue weighted by Gasteiger charge is 2.23. The molecule has 64 heavy (non-hydrogen) atoms. The van der Waals surface area contributed by atoms with Crippen molar-refractivity contribution < 1.29 is 0 Å². The number of allylic oxidation sites excluding steroid dienone is 4. The van der Waals surface area contributed by atoms with Crippen molar-refractivity contribution in [2.45, 2.75) is 12.5 Å². The predicted molar refractivity (Wildman–Crippen MR) is 274 cm³/mol. The van der Waals surface area contributed by atoms with E-state index in [0.29, 0.717) is 0 Å². The van der Waals surface area contributed by atoms with Crippen molar-refractivity contribution >= 4 is 103 Å². The fourth-order valence-electron chi connectivity index (χ4n) is 11.4. The van der Waals surface area contributed by atoms with Crippen molar-refractivity contribution in [1.29, 1.82) is 0 Å². The summed E-state index contributed by atoms with van der Waals surface area (Å²) in [6, 6.07) is 76.9. The summed E-state index contributed by atoms with van der Waals surface area (Å²) in [7, 11) is 0. The van der Waals surface area contributed by atoms with Crippen molar-refractivity contribution in [1.82, 2.24) is 9.13 Å². The highest BCUT2D eigenvalue weighted by Crippen LogP contribution is 2.45. The molecule has 298 valence electrons. The standard InChI is InChI=1S/C62H40N2/c1-2-15-40-34-45(31-28-39(40)14-1)64-59-27-12-10-23-51(59)56-37-42(30-33-61(56)64)41-29-32-60-55(36-41)50-22-9-11-26-58(50)63(60)44-17-13-16-43(35-44)54-38-57-48-20-4-3-18-46(48)47-19-5-7-24-52(47)62(57)53-25-8-6-21-49(53)54/h1-34,36-38,44H,35H2. The lowest BCUT2D eigenvalue weighted by Gasteiger charge is -2.24. The molecule has 0 aliphatic heterocycles. The Balaban J connectivity index is 0.890. The van der Waals surface area contributed by atoms with Gasteiger partial charge in [-0.1, -0.05) is 170 Å². The molecule has 14 rings (SSSR count). The lowest BCUT2D eigenvalue weighted by molar-refractivity contribution is 0.657. The van der Waals surface area contributed by atoms with Crippen LogP contribution in [0.5, 0.6) is 0 Å². The number of hydrogen-bond donors (Lipinski definition) is 0. The van der Waals surface area contributed by atoms with Gasteiger partial charge < -0.3 is 9.13 Å². The van der Waals surface area contributed by atoms with Crippen molar-refractivity contribution in [2.75, 3.05) is 0 Å². The molecule has 2 heteroatoms. The van der Waals surface area contributed by atoms with Crippen molar-refractivity contribution in [3.8, 4) is 16.8 Å². The zero-order chi connectivity index (χ0) is 41.9. The van der Waals surface area contributed by atoms with Crippen LogP contribution in [0.4, 0.5) is 0 Å². The van der Waals surface area contributed by atoms with E-state index in [2.05, 4.69) is 234 Å². The number of para-hydroxylation sites is 2. The van der Waals surface area contributed by atoms with Crippen LogP contribution in [0.25, 0.3) is 120 Å². The van der Waals surface area contributed by atoms with Crippen molar-refractivity contribution in [2.24, 2.45) is 0 Å². The lowest BCUT2D eigenvalue weighted by Crippen LogP contribution is -2.09. The summed E-state index contributed by atoms with van der Waals surface area (Å²) in [5.74, 6) is 0. The summed E-state index contributed by atoms with van der Waals surface area (Å²) in [6.45, 7) is 0. The smallest absolute Gasteiger partial charge is 0.0566 e. The Morgan fingerprint density at radius 1 is 0.359 bits per heavy atom. The van der Waals surface area contributed by atoms with Gasteiger partial charge in [-0.15, -0.1) is 0 Å². The zero-order valence-electron chi connectivity index (χ0n) is 35.0. The largest absolute Gasteiger partial charge is 0.333 e. The minimum absolute atomic E-state index is 0.147. The minimum atomic E-state index is 0.147. The second-order valence-corrected chi connectivity index (χ2v) is 17.6. The Bertz CT molecular complexity index is 4170. The maximum absolute atomic E-state index is 2.59. The molecular weight excluding hydrogens is 773 g/mol. The quantitative estimate of drug-likeness (QED) is 0.157. The summed E-state index contributed by atoms with van der Waals surface area (Å²) in [6.07, 6.45) is 7.94. The molecule has 1 aliphatic carbocycles. The molecule has 0 saturated heterocycles. The van der Waals surface area contributed by atoms with Gasteiger partial charge in [-0.25, -0.2) is 0 Å². The molecule has 13 aromatic rings. The molecule has 2 aromatic heterocycles. The molecule has 0 saturated carbocycles. The van der Waals surface area contributed by atoms with E-state index in [1.165, 1.54) is 125 Å². The Labute approximate surface area is 369 Å². The van der Waals surface area contributed by atoms with Crippen LogP contribution in [0.2, 0.25) is 0 Å². The van der Waals surface area contributed by atoms with Crippen LogP contribution in [-0.4, -0.2) is 9.13 Å². The van der Waals surface area contributed by atoms with Gasteiger partial charge in [0.05, 0.1) is 17.1 Å². The minimum Gasteiger partial charge on any atom is -0.333 e. The molecule has 2 nitrogen and oxygen atoms in total. The van der Waals surface area contributed by atoms with E-state index >= 15 is 0 Å². The molecule has 0 N–H and O–H groups in total. The average Bonchev–Trinajstić information content (AvgIpc) is 3.88. The van der Waals surface area contributed by atoms with Gasteiger partial charge in [-0.2, -0.15) is 0 Å². The van der Waals surface area contributed by atoms with Gasteiger partial charge in [0.2, 0.25) is 0 Å². The Morgan fingerprint density at radius 2 is 0.875 bits per heavy atom.